The van der Waals surface area contributed by atoms with Gasteiger partial charge in [0.15, 0.2) is 28.8 Å². The number of nitrogens with one attached hydrogen (secondary N) is 3. The lowest BCUT2D eigenvalue weighted by Crippen LogP contribution is -2.45. The van der Waals surface area contributed by atoms with E-state index in [-0.39, 0.29) is 78.8 Å². The zero-order valence-corrected chi connectivity index (χ0v) is 21.1. The first-order chi connectivity index (χ1) is 18.8. The van der Waals surface area contributed by atoms with Crippen LogP contribution in [0.15, 0.2) is 31.0 Å². The van der Waals surface area contributed by atoms with Crippen LogP contribution < -0.4 is 25.4 Å². The number of hydrogen-bond donors (Lipinski definition) is 4. The maximum absolute atomic E-state index is 15.1. The van der Waals surface area contributed by atoms with Gasteiger partial charge in [-0.25, -0.2) is 18.7 Å². The van der Waals surface area contributed by atoms with Crippen LogP contribution in [0.25, 0.3) is 11.0 Å². The Morgan fingerprint density at radius 2 is 1.85 bits per heavy atom. The zero-order chi connectivity index (χ0) is 28.1. The number of fused-ring (bicyclic) bond motifs is 1. The Bertz CT molecular complexity index is 1390. The molecule has 2 aromatic heterocycles. The average molecular weight is 545 g/mol. The molecule has 0 aliphatic carbocycles. The van der Waals surface area contributed by atoms with Crippen molar-refractivity contribution in [1.29, 1.82) is 0 Å². The topological polar surface area (TPSA) is 157 Å². The predicted octanol–water partition coefficient (Wildman–Crippen LogP) is 1.44. The van der Waals surface area contributed by atoms with Crippen LogP contribution in [0.5, 0.6) is 11.5 Å². The molecule has 1 aliphatic heterocycles. The van der Waals surface area contributed by atoms with E-state index in [0.717, 1.165) is 12.1 Å². The molecule has 3 aromatic rings. The summed E-state index contributed by atoms with van der Waals surface area (Å²) >= 11 is 0. The van der Waals surface area contributed by atoms with E-state index in [4.69, 9.17) is 14.2 Å². The lowest BCUT2D eigenvalue weighted by atomic mass is 10.0. The molecule has 2 unspecified atom stereocenters. The second-order valence-corrected chi connectivity index (χ2v) is 8.36. The molecular formula is C25H26F2N6O6. The van der Waals surface area contributed by atoms with E-state index in [0.29, 0.717) is 5.39 Å². The summed E-state index contributed by atoms with van der Waals surface area (Å²) in [7, 11) is 2.35. The van der Waals surface area contributed by atoms with Crippen molar-refractivity contribution < 1.29 is 37.7 Å². The van der Waals surface area contributed by atoms with Crippen LogP contribution in [0.4, 0.5) is 20.5 Å². The van der Waals surface area contributed by atoms with Gasteiger partial charge >= 0.3 is 0 Å². The molecule has 14 heteroatoms. The molecule has 0 saturated carbocycles. The zero-order valence-electron chi connectivity index (χ0n) is 21.1. The molecule has 0 spiro atoms. The van der Waals surface area contributed by atoms with Gasteiger partial charge in [0.25, 0.3) is 0 Å². The van der Waals surface area contributed by atoms with Crippen molar-refractivity contribution in [2.45, 2.75) is 12.1 Å². The SMILES string of the molecule is C=CC(=O)NC1COCC1Nc1ncc2cc(C(=O)c3c(F)c(OC)cc(OC)c3F)c(NCCO)nc2n1. The van der Waals surface area contributed by atoms with E-state index in [1.807, 2.05) is 0 Å². The molecule has 1 fully saturated rings. The van der Waals surface area contributed by atoms with Gasteiger partial charge in [-0.15, -0.1) is 0 Å². The number of aromatic nitrogens is 3. The van der Waals surface area contributed by atoms with Gasteiger partial charge in [-0.1, -0.05) is 6.58 Å². The lowest BCUT2D eigenvalue weighted by Gasteiger charge is -2.19. The number of aliphatic hydroxyl groups excluding tert-OH is 1. The van der Waals surface area contributed by atoms with E-state index in [1.54, 1.807) is 0 Å². The minimum atomic E-state index is -1.21. The Balaban J connectivity index is 1.72. The van der Waals surface area contributed by atoms with Crippen molar-refractivity contribution in [3.05, 3.63) is 53.7 Å². The van der Waals surface area contributed by atoms with Crippen molar-refractivity contribution in [2.75, 3.05) is 51.2 Å². The summed E-state index contributed by atoms with van der Waals surface area (Å²) in [6.45, 7) is 3.69. The van der Waals surface area contributed by atoms with Crippen molar-refractivity contribution in [2.24, 2.45) is 0 Å². The highest BCUT2D eigenvalue weighted by Gasteiger charge is 2.31. The van der Waals surface area contributed by atoms with Crippen molar-refractivity contribution in [1.82, 2.24) is 20.3 Å². The first kappa shape index (κ1) is 27.6. The van der Waals surface area contributed by atoms with Gasteiger partial charge in [0.1, 0.15) is 11.4 Å². The van der Waals surface area contributed by atoms with Crippen LogP contribution in [0.2, 0.25) is 0 Å². The molecule has 3 heterocycles. The number of rotatable bonds is 11. The fraction of sp³-hybridized carbons (Fsp3) is 0.320. The van der Waals surface area contributed by atoms with Crippen LogP contribution in [-0.2, 0) is 9.53 Å². The number of benzene rings is 1. The molecule has 2 atom stereocenters. The standard InChI is InChI=1S/C25H26F2N6O6/c1-4-18(35)30-14-10-39-11-15(14)31-25-29-9-12-7-13(24(28-5-6-34)32-23(12)33-25)22(36)19-20(26)16(37-2)8-17(38-3)21(19)27/h4,7-9,14-15,34H,1,5-6,10-11H2,2-3H3,(H,30,35)(H2,28,29,31,32,33). The maximum Gasteiger partial charge on any atom is 0.243 e. The number of carbonyl (C=O) groups is 2. The lowest BCUT2D eigenvalue weighted by molar-refractivity contribution is -0.117. The minimum Gasteiger partial charge on any atom is -0.494 e. The Kier molecular flexibility index (Phi) is 8.46. The third-order valence-corrected chi connectivity index (χ3v) is 5.93. The average Bonchev–Trinajstić information content (AvgIpc) is 3.37. The highest BCUT2D eigenvalue weighted by molar-refractivity contribution is 6.14. The molecular weight excluding hydrogens is 518 g/mol. The summed E-state index contributed by atoms with van der Waals surface area (Å²) in [6, 6.07) is 1.64. The molecule has 1 aliphatic rings. The van der Waals surface area contributed by atoms with Crippen LogP contribution in [0.3, 0.4) is 0 Å². The van der Waals surface area contributed by atoms with Crippen molar-refractivity contribution >= 4 is 34.5 Å². The summed E-state index contributed by atoms with van der Waals surface area (Å²) in [5, 5.41) is 18.2. The normalized spacial score (nSPS) is 16.5. The minimum absolute atomic E-state index is 0.00846. The number of aliphatic hydroxyl groups is 1. The predicted molar refractivity (Wildman–Crippen MR) is 136 cm³/mol. The number of ketones is 1. The quantitative estimate of drug-likeness (QED) is 0.205. The molecule has 0 radical (unpaired) electrons. The van der Waals surface area contributed by atoms with Crippen molar-refractivity contribution in [3.8, 4) is 11.5 Å². The number of amides is 1. The highest BCUT2D eigenvalue weighted by atomic mass is 19.1. The van der Waals surface area contributed by atoms with E-state index >= 15 is 8.78 Å². The second-order valence-electron chi connectivity index (χ2n) is 8.36. The number of methoxy groups -OCH3 is 2. The summed E-state index contributed by atoms with van der Waals surface area (Å²) in [5.74, 6) is -4.46. The molecule has 206 valence electrons. The maximum atomic E-state index is 15.1. The Morgan fingerprint density at radius 3 is 2.49 bits per heavy atom. The first-order valence-electron chi connectivity index (χ1n) is 11.8. The van der Waals surface area contributed by atoms with Crippen LogP contribution in [0.1, 0.15) is 15.9 Å². The van der Waals surface area contributed by atoms with Crippen molar-refractivity contribution in [3.63, 3.8) is 0 Å². The van der Waals surface area contributed by atoms with E-state index in [2.05, 4.69) is 37.5 Å². The Morgan fingerprint density at radius 1 is 1.15 bits per heavy atom. The van der Waals surface area contributed by atoms with Gasteiger partial charge in [-0.05, 0) is 12.1 Å². The molecule has 39 heavy (non-hydrogen) atoms. The fourth-order valence-corrected chi connectivity index (χ4v) is 3.98. The Hall–Kier alpha value is -4.43. The first-order valence-corrected chi connectivity index (χ1v) is 11.8. The summed E-state index contributed by atoms with van der Waals surface area (Å²) in [5.41, 5.74) is -0.934. The second kappa shape index (κ2) is 12.0. The third-order valence-electron chi connectivity index (χ3n) is 5.93. The Labute approximate surface area is 221 Å². The molecule has 4 rings (SSSR count). The number of carbonyl (C=O) groups excluding carboxylic acids is 2. The summed E-state index contributed by atoms with van der Waals surface area (Å²) in [6.07, 6.45) is 2.54. The molecule has 1 amide bonds. The third kappa shape index (κ3) is 5.71. The van der Waals surface area contributed by atoms with Gasteiger partial charge in [-0.3, -0.25) is 9.59 Å². The van der Waals surface area contributed by atoms with Gasteiger partial charge in [0.05, 0.1) is 51.7 Å². The number of ether oxygens (including phenoxy) is 3. The van der Waals surface area contributed by atoms with Gasteiger partial charge in [0.2, 0.25) is 17.6 Å². The molecule has 1 saturated heterocycles. The van der Waals surface area contributed by atoms with E-state index in [1.165, 1.54) is 26.5 Å². The van der Waals surface area contributed by atoms with E-state index in [9.17, 15) is 14.7 Å². The summed E-state index contributed by atoms with van der Waals surface area (Å²) < 4.78 is 45.4. The number of halogens is 2. The smallest absolute Gasteiger partial charge is 0.243 e. The van der Waals surface area contributed by atoms with E-state index < -0.39 is 23.0 Å². The number of hydrogen-bond acceptors (Lipinski definition) is 11. The van der Waals surface area contributed by atoms with Gasteiger partial charge in [0, 0.05) is 24.2 Å². The number of nitrogens with zero attached hydrogens (tertiary/aromatic N) is 3. The largest absolute Gasteiger partial charge is 0.494 e. The number of anilines is 2. The highest BCUT2D eigenvalue weighted by Crippen LogP contribution is 2.34. The summed E-state index contributed by atoms with van der Waals surface area (Å²) in [4.78, 5) is 38.1. The monoisotopic (exact) mass is 544 g/mol. The van der Waals surface area contributed by atoms with Crippen LogP contribution in [-0.4, -0.2) is 84.4 Å². The molecule has 4 N–H and O–H groups in total. The molecule has 1 aromatic carbocycles. The molecule has 0 bridgehead atoms. The van der Waals surface area contributed by atoms with Gasteiger partial charge in [-0.2, -0.15) is 4.98 Å². The number of pyridine rings is 1. The fourth-order valence-electron chi connectivity index (χ4n) is 3.98. The van der Waals surface area contributed by atoms with Gasteiger partial charge < -0.3 is 35.3 Å². The van der Waals surface area contributed by atoms with Crippen LogP contribution >= 0.6 is 0 Å². The van der Waals surface area contributed by atoms with Crippen LogP contribution in [0, 0.1) is 11.6 Å². The molecule has 12 nitrogen and oxygen atoms in total.